The zero-order valence-electron chi connectivity index (χ0n) is 11.0. The van der Waals surface area contributed by atoms with Crippen LogP contribution in [0.3, 0.4) is 0 Å². The van der Waals surface area contributed by atoms with Gasteiger partial charge in [0.15, 0.2) is 0 Å². The molecule has 1 aromatic rings. The summed E-state index contributed by atoms with van der Waals surface area (Å²) < 4.78 is 5.68. The van der Waals surface area contributed by atoms with Crippen LogP contribution in [-0.2, 0) is 4.79 Å². The third-order valence-corrected chi connectivity index (χ3v) is 3.81. The van der Waals surface area contributed by atoms with Crippen LogP contribution >= 0.6 is 0 Å². The standard InChI is InChI=1S/C12H18N4O2/c1-7(2)11-13-14-12(18-11)16-6-9-4-10(16)5-15(9)8(3)17/h7,9-10H,4-6H2,1-3H3/t9-,10-/m0/s1. The SMILES string of the molecule is CC(=O)N1C[C@@H]2C[C@H]1CN2c1nnc(C(C)C)o1. The minimum Gasteiger partial charge on any atom is -0.408 e. The molecular weight excluding hydrogens is 232 g/mol. The zero-order chi connectivity index (χ0) is 12.9. The maximum atomic E-state index is 11.4. The molecule has 0 radical (unpaired) electrons. The fourth-order valence-corrected chi connectivity index (χ4v) is 2.86. The van der Waals surface area contributed by atoms with Gasteiger partial charge in [-0.05, 0) is 6.42 Å². The second-order valence-electron chi connectivity index (χ2n) is 5.44. The van der Waals surface area contributed by atoms with E-state index in [-0.39, 0.29) is 11.8 Å². The molecule has 2 atom stereocenters. The van der Waals surface area contributed by atoms with Crippen molar-refractivity contribution in [3.63, 3.8) is 0 Å². The number of amides is 1. The fourth-order valence-electron chi connectivity index (χ4n) is 2.86. The highest BCUT2D eigenvalue weighted by Gasteiger charge is 2.46. The van der Waals surface area contributed by atoms with Gasteiger partial charge in [0, 0.05) is 25.9 Å². The Morgan fingerprint density at radius 1 is 1.33 bits per heavy atom. The number of likely N-dealkylation sites (tertiary alicyclic amines) is 1. The molecule has 3 heterocycles. The van der Waals surface area contributed by atoms with E-state index in [0.29, 0.717) is 24.0 Å². The first-order valence-corrected chi connectivity index (χ1v) is 6.43. The van der Waals surface area contributed by atoms with Gasteiger partial charge in [-0.25, -0.2) is 0 Å². The van der Waals surface area contributed by atoms with Crippen LogP contribution in [0.4, 0.5) is 6.01 Å². The number of hydrogen-bond acceptors (Lipinski definition) is 5. The highest BCUT2D eigenvalue weighted by Crippen LogP contribution is 2.34. The van der Waals surface area contributed by atoms with Crippen molar-refractivity contribution in [2.45, 2.75) is 45.2 Å². The first kappa shape index (κ1) is 11.5. The van der Waals surface area contributed by atoms with Gasteiger partial charge in [0.25, 0.3) is 0 Å². The predicted octanol–water partition coefficient (Wildman–Crippen LogP) is 1.00. The minimum absolute atomic E-state index is 0.163. The summed E-state index contributed by atoms with van der Waals surface area (Å²) in [4.78, 5) is 15.5. The number of fused-ring (bicyclic) bond motifs is 2. The summed E-state index contributed by atoms with van der Waals surface area (Å²) in [6, 6.07) is 1.25. The number of hydrogen-bond donors (Lipinski definition) is 0. The third kappa shape index (κ3) is 1.67. The number of carbonyl (C=O) groups is 1. The van der Waals surface area contributed by atoms with Crippen LogP contribution in [-0.4, -0.2) is 46.2 Å². The van der Waals surface area contributed by atoms with Crippen LogP contribution in [0.25, 0.3) is 0 Å². The molecule has 2 fully saturated rings. The van der Waals surface area contributed by atoms with Gasteiger partial charge >= 0.3 is 6.01 Å². The van der Waals surface area contributed by atoms with Crippen LogP contribution in [0, 0.1) is 0 Å². The third-order valence-electron chi connectivity index (χ3n) is 3.81. The Hall–Kier alpha value is -1.59. The zero-order valence-corrected chi connectivity index (χ0v) is 11.0. The molecule has 0 N–H and O–H groups in total. The van der Waals surface area contributed by atoms with Crippen molar-refractivity contribution in [2.24, 2.45) is 0 Å². The van der Waals surface area contributed by atoms with Crippen LogP contribution in [0.2, 0.25) is 0 Å². The molecule has 1 aromatic heterocycles. The molecular formula is C12H18N4O2. The molecule has 18 heavy (non-hydrogen) atoms. The summed E-state index contributed by atoms with van der Waals surface area (Å²) in [5.41, 5.74) is 0. The van der Waals surface area contributed by atoms with Gasteiger partial charge in [-0.1, -0.05) is 18.9 Å². The number of anilines is 1. The number of nitrogens with zero attached hydrogens (tertiary/aromatic N) is 4. The first-order chi connectivity index (χ1) is 8.56. The Morgan fingerprint density at radius 3 is 2.61 bits per heavy atom. The Bertz CT molecular complexity index is 470. The van der Waals surface area contributed by atoms with E-state index in [1.54, 1.807) is 6.92 Å². The van der Waals surface area contributed by atoms with E-state index >= 15 is 0 Å². The van der Waals surface area contributed by atoms with Gasteiger partial charge in [-0.2, -0.15) is 0 Å². The highest BCUT2D eigenvalue weighted by molar-refractivity contribution is 5.74. The van der Waals surface area contributed by atoms with Crippen LogP contribution < -0.4 is 4.90 Å². The molecule has 6 nitrogen and oxygen atoms in total. The van der Waals surface area contributed by atoms with Crippen LogP contribution in [0.15, 0.2) is 4.42 Å². The average Bonchev–Trinajstić information content (AvgIpc) is 3.02. The van der Waals surface area contributed by atoms with Gasteiger partial charge < -0.3 is 14.2 Å². The van der Waals surface area contributed by atoms with Crippen molar-refractivity contribution in [2.75, 3.05) is 18.0 Å². The first-order valence-electron chi connectivity index (χ1n) is 6.43. The van der Waals surface area contributed by atoms with E-state index in [2.05, 4.69) is 15.1 Å². The second-order valence-corrected chi connectivity index (χ2v) is 5.44. The van der Waals surface area contributed by atoms with E-state index in [4.69, 9.17) is 4.42 Å². The van der Waals surface area contributed by atoms with E-state index in [1.807, 2.05) is 18.7 Å². The van der Waals surface area contributed by atoms with Crippen molar-refractivity contribution in [1.82, 2.24) is 15.1 Å². The van der Waals surface area contributed by atoms with Gasteiger partial charge in [0.05, 0.1) is 12.1 Å². The Morgan fingerprint density at radius 2 is 2.11 bits per heavy atom. The average molecular weight is 250 g/mol. The van der Waals surface area contributed by atoms with Gasteiger partial charge in [-0.3, -0.25) is 4.79 Å². The molecule has 2 bridgehead atoms. The molecule has 6 heteroatoms. The van der Waals surface area contributed by atoms with Crippen molar-refractivity contribution >= 4 is 11.9 Å². The quantitative estimate of drug-likeness (QED) is 0.783. The summed E-state index contributed by atoms with van der Waals surface area (Å²) in [5, 5.41) is 8.17. The minimum atomic E-state index is 0.163. The molecule has 2 aliphatic heterocycles. The van der Waals surface area contributed by atoms with E-state index in [0.717, 1.165) is 19.5 Å². The molecule has 0 unspecified atom stereocenters. The topological polar surface area (TPSA) is 62.5 Å². The predicted molar refractivity (Wildman–Crippen MR) is 65.3 cm³/mol. The summed E-state index contributed by atoms with van der Waals surface area (Å²) >= 11 is 0. The Labute approximate surface area is 106 Å². The van der Waals surface area contributed by atoms with Crippen molar-refractivity contribution < 1.29 is 9.21 Å². The Kier molecular flexibility index (Phi) is 2.53. The molecule has 1 amide bonds. The maximum absolute atomic E-state index is 11.4. The van der Waals surface area contributed by atoms with Crippen molar-refractivity contribution in [3.8, 4) is 0 Å². The molecule has 98 valence electrons. The number of carbonyl (C=O) groups excluding carboxylic acids is 1. The summed E-state index contributed by atoms with van der Waals surface area (Å²) in [7, 11) is 0. The second kappa shape index (κ2) is 3.96. The van der Waals surface area contributed by atoms with Crippen LogP contribution in [0.5, 0.6) is 0 Å². The molecule has 2 saturated heterocycles. The molecule has 2 aliphatic rings. The van der Waals surface area contributed by atoms with Crippen LogP contribution in [0.1, 0.15) is 39.0 Å². The highest BCUT2D eigenvalue weighted by atomic mass is 16.4. The number of aromatic nitrogens is 2. The maximum Gasteiger partial charge on any atom is 0.318 e. The summed E-state index contributed by atoms with van der Waals surface area (Å²) in [6.07, 6.45) is 1.01. The lowest BCUT2D eigenvalue weighted by atomic mass is 10.2. The molecule has 0 spiro atoms. The molecule has 0 aromatic carbocycles. The number of piperazine rings is 1. The number of rotatable bonds is 2. The van der Waals surface area contributed by atoms with E-state index in [9.17, 15) is 4.79 Å². The fraction of sp³-hybridized carbons (Fsp3) is 0.750. The summed E-state index contributed by atoms with van der Waals surface area (Å²) in [6.45, 7) is 7.29. The molecule has 3 rings (SSSR count). The normalized spacial score (nSPS) is 26.4. The molecule has 0 saturated carbocycles. The molecule has 0 aliphatic carbocycles. The van der Waals surface area contributed by atoms with E-state index < -0.39 is 0 Å². The lowest BCUT2D eigenvalue weighted by Gasteiger charge is -2.32. The van der Waals surface area contributed by atoms with E-state index in [1.165, 1.54) is 0 Å². The smallest absolute Gasteiger partial charge is 0.318 e. The monoisotopic (exact) mass is 250 g/mol. The Balaban J connectivity index is 1.75. The van der Waals surface area contributed by atoms with Crippen molar-refractivity contribution in [1.29, 1.82) is 0 Å². The van der Waals surface area contributed by atoms with Crippen molar-refractivity contribution in [3.05, 3.63) is 5.89 Å². The lowest BCUT2D eigenvalue weighted by Crippen LogP contribution is -2.48. The van der Waals surface area contributed by atoms with Gasteiger partial charge in [-0.15, -0.1) is 5.10 Å². The lowest BCUT2D eigenvalue weighted by molar-refractivity contribution is -0.129. The van der Waals surface area contributed by atoms with Gasteiger partial charge in [0.2, 0.25) is 11.8 Å². The van der Waals surface area contributed by atoms with Gasteiger partial charge in [0.1, 0.15) is 0 Å². The summed E-state index contributed by atoms with van der Waals surface area (Å²) in [5.74, 6) is 1.09. The largest absolute Gasteiger partial charge is 0.408 e.